The average Bonchev–Trinajstić information content (AvgIpc) is 2.93. The molecule has 92 valence electrons. The summed E-state index contributed by atoms with van der Waals surface area (Å²) in [4.78, 5) is 2.21. The molecule has 1 aromatic carbocycles. The molecule has 0 N–H and O–H groups in total. The SMILES string of the molecule is N#CCCN(CCn1cccn1)c1ccccc1. The molecule has 1 heterocycles. The molecular weight excluding hydrogens is 224 g/mol. The van der Waals surface area contributed by atoms with Crippen LogP contribution in [0, 0.1) is 11.3 Å². The van der Waals surface area contributed by atoms with Crippen molar-refractivity contribution < 1.29 is 0 Å². The van der Waals surface area contributed by atoms with Gasteiger partial charge in [-0.25, -0.2) is 0 Å². The van der Waals surface area contributed by atoms with E-state index in [2.05, 4.69) is 28.2 Å². The number of nitriles is 1. The van der Waals surface area contributed by atoms with Crippen molar-refractivity contribution >= 4 is 5.69 Å². The molecule has 4 nitrogen and oxygen atoms in total. The summed E-state index contributed by atoms with van der Waals surface area (Å²) in [6.07, 6.45) is 4.27. The van der Waals surface area contributed by atoms with Gasteiger partial charge in [0, 0.05) is 31.2 Å². The van der Waals surface area contributed by atoms with Crippen LogP contribution >= 0.6 is 0 Å². The van der Waals surface area contributed by atoms with Gasteiger partial charge in [0.2, 0.25) is 0 Å². The number of aromatic nitrogens is 2. The lowest BCUT2D eigenvalue weighted by molar-refractivity contribution is 0.596. The molecule has 0 unspecified atom stereocenters. The molecule has 0 aliphatic carbocycles. The molecule has 2 aromatic rings. The van der Waals surface area contributed by atoms with Crippen LogP contribution in [0.1, 0.15) is 6.42 Å². The third kappa shape index (κ3) is 3.36. The maximum atomic E-state index is 8.72. The molecule has 0 amide bonds. The van der Waals surface area contributed by atoms with Gasteiger partial charge >= 0.3 is 0 Å². The van der Waals surface area contributed by atoms with E-state index < -0.39 is 0 Å². The van der Waals surface area contributed by atoms with E-state index >= 15 is 0 Å². The Balaban J connectivity index is 1.99. The number of para-hydroxylation sites is 1. The standard InChI is InChI=1S/C14H16N4/c15-8-4-10-17(14-6-2-1-3-7-14)12-13-18-11-5-9-16-18/h1-3,5-7,9,11H,4,10,12-13H2. The molecule has 0 aliphatic rings. The van der Waals surface area contributed by atoms with Gasteiger partial charge in [0.1, 0.15) is 0 Å². The maximum Gasteiger partial charge on any atom is 0.0640 e. The number of hydrogen-bond donors (Lipinski definition) is 0. The van der Waals surface area contributed by atoms with E-state index in [1.165, 1.54) is 0 Å². The zero-order valence-corrected chi connectivity index (χ0v) is 10.2. The minimum absolute atomic E-state index is 0.536. The summed E-state index contributed by atoms with van der Waals surface area (Å²) >= 11 is 0. The summed E-state index contributed by atoms with van der Waals surface area (Å²) in [6.45, 7) is 2.43. The second kappa shape index (κ2) is 6.45. The van der Waals surface area contributed by atoms with Gasteiger partial charge in [0.25, 0.3) is 0 Å². The van der Waals surface area contributed by atoms with Gasteiger partial charge in [-0.3, -0.25) is 4.68 Å². The van der Waals surface area contributed by atoms with Crippen LogP contribution in [-0.4, -0.2) is 22.9 Å². The van der Waals surface area contributed by atoms with Crippen LogP contribution in [-0.2, 0) is 6.54 Å². The van der Waals surface area contributed by atoms with E-state index in [-0.39, 0.29) is 0 Å². The molecule has 2 rings (SSSR count). The highest BCUT2D eigenvalue weighted by Gasteiger charge is 2.05. The number of benzene rings is 1. The quantitative estimate of drug-likeness (QED) is 0.778. The molecule has 0 radical (unpaired) electrons. The van der Waals surface area contributed by atoms with Crippen LogP contribution < -0.4 is 4.90 Å². The van der Waals surface area contributed by atoms with Crippen LogP contribution in [0.2, 0.25) is 0 Å². The molecule has 18 heavy (non-hydrogen) atoms. The topological polar surface area (TPSA) is 44.9 Å². The van der Waals surface area contributed by atoms with Gasteiger partial charge in [0.15, 0.2) is 0 Å². The monoisotopic (exact) mass is 240 g/mol. The van der Waals surface area contributed by atoms with E-state index in [4.69, 9.17) is 5.26 Å². The van der Waals surface area contributed by atoms with Crippen molar-refractivity contribution in [2.24, 2.45) is 0 Å². The van der Waals surface area contributed by atoms with E-state index in [9.17, 15) is 0 Å². The number of rotatable bonds is 6. The Hall–Kier alpha value is -2.28. The molecule has 0 saturated heterocycles. The Morgan fingerprint density at radius 3 is 2.67 bits per heavy atom. The lowest BCUT2D eigenvalue weighted by Gasteiger charge is -2.23. The molecule has 0 aliphatic heterocycles. The third-order valence-electron chi connectivity index (χ3n) is 2.77. The Kier molecular flexibility index (Phi) is 4.37. The predicted molar refractivity (Wildman–Crippen MR) is 71.1 cm³/mol. The molecular formula is C14H16N4. The van der Waals surface area contributed by atoms with Crippen molar-refractivity contribution in [2.45, 2.75) is 13.0 Å². The van der Waals surface area contributed by atoms with Crippen molar-refractivity contribution in [3.05, 3.63) is 48.8 Å². The maximum absolute atomic E-state index is 8.72. The van der Waals surface area contributed by atoms with Crippen LogP contribution in [0.3, 0.4) is 0 Å². The first kappa shape index (κ1) is 12.2. The van der Waals surface area contributed by atoms with Gasteiger partial charge in [-0.1, -0.05) is 18.2 Å². The van der Waals surface area contributed by atoms with Crippen LogP contribution in [0.5, 0.6) is 0 Å². The summed E-state index contributed by atoms with van der Waals surface area (Å²) in [7, 11) is 0. The van der Waals surface area contributed by atoms with Gasteiger partial charge < -0.3 is 4.90 Å². The fourth-order valence-electron chi connectivity index (χ4n) is 1.85. The average molecular weight is 240 g/mol. The smallest absolute Gasteiger partial charge is 0.0640 e. The highest BCUT2D eigenvalue weighted by molar-refractivity contribution is 5.45. The van der Waals surface area contributed by atoms with Crippen LogP contribution in [0.25, 0.3) is 0 Å². The summed E-state index contributed by atoms with van der Waals surface area (Å²) in [5, 5.41) is 12.9. The number of hydrogen-bond acceptors (Lipinski definition) is 3. The third-order valence-corrected chi connectivity index (χ3v) is 2.77. The molecule has 0 atom stereocenters. The van der Waals surface area contributed by atoms with Gasteiger partial charge in [0.05, 0.1) is 19.0 Å². The Morgan fingerprint density at radius 1 is 1.17 bits per heavy atom. The highest BCUT2D eigenvalue weighted by atomic mass is 15.3. The highest BCUT2D eigenvalue weighted by Crippen LogP contribution is 2.13. The molecule has 0 bridgehead atoms. The summed E-state index contributed by atoms with van der Waals surface area (Å²) < 4.78 is 1.91. The first-order valence-corrected chi connectivity index (χ1v) is 6.04. The summed E-state index contributed by atoms with van der Waals surface area (Å²) in [6, 6.07) is 14.3. The van der Waals surface area contributed by atoms with Crippen molar-refractivity contribution in [1.29, 1.82) is 5.26 Å². The van der Waals surface area contributed by atoms with E-state index in [0.29, 0.717) is 6.42 Å². The molecule has 0 fully saturated rings. The van der Waals surface area contributed by atoms with E-state index in [0.717, 1.165) is 25.3 Å². The van der Waals surface area contributed by atoms with Crippen molar-refractivity contribution in [3.63, 3.8) is 0 Å². The number of anilines is 1. The molecule has 0 saturated carbocycles. The fraction of sp³-hybridized carbons (Fsp3) is 0.286. The lowest BCUT2D eigenvalue weighted by atomic mass is 10.2. The first-order valence-electron chi connectivity index (χ1n) is 6.04. The van der Waals surface area contributed by atoms with Gasteiger partial charge in [-0.05, 0) is 18.2 Å². The fourth-order valence-corrected chi connectivity index (χ4v) is 1.85. The Bertz CT molecular complexity index is 484. The molecule has 4 heteroatoms. The summed E-state index contributed by atoms with van der Waals surface area (Å²) in [5.74, 6) is 0. The zero-order valence-electron chi connectivity index (χ0n) is 10.2. The second-order valence-electron chi connectivity index (χ2n) is 4.00. The first-order chi connectivity index (χ1) is 8.90. The number of nitrogens with zero attached hydrogens (tertiary/aromatic N) is 4. The van der Waals surface area contributed by atoms with Gasteiger partial charge in [-0.2, -0.15) is 10.4 Å². The Morgan fingerprint density at radius 2 is 2.00 bits per heavy atom. The normalized spacial score (nSPS) is 9.94. The largest absolute Gasteiger partial charge is 0.369 e. The second-order valence-corrected chi connectivity index (χ2v) is 4.00. The van der Waals surface area contributed by atoms with Crippen LogP contribution in [0.4, 0.5) is 5.69 Å². The van der Waals surface area contributed by atoms with Crippen molar-refractivity contribution in [2.75, 3.05) is 18.0 Å². The van der Waals surface area contributed by atoms with Crippen LogP contribution in [0.15, 0.2) is 48.8 Å². The minimum Gasteiger partial charge on any atom is -0.369 e. The molecule has 0 spiro atoms. The molecule has 1 aromatic heterocycles. The van der Waals surface area contributed by atoms with E-state index in [1.54, 1.807) is 6.20 Å². The minimum atomic E-state index is 0.536. The van der Waals surface area contributed by atoms with E-state index in [1.807, 2.05) is 35.1 Å². The predicted octanol–water partition coefficient (Wildman–Crippen LogP) is 2.30. The lowest BCUT2D eigenvalue weighted by Crippen LogP contribution is -2.28. The summed E-state index contributed by atoms with van der Waals surface area (Å²) in [5.41, 5.74) is 1.15. The van der Waals surface area contributed by atoms with Crippen molar-refractivity contribution in [1.82, 2.24) is 9.78 Å². The van der Waals surface area contributed by atoms with Crippen molar-refractivity contribution in [3.8, 4) is 6.07 Å². The zero-order chi connectivity index (χ0) is 12.6. The Labute approximate surface area is 107 Å². The van der Waals surface area contributed by atoms with Gasteiger partial charge in [-0.15, -0.1) is 0 Å².